The zero-order valence-corrected chi connectivity index (χ0v) is 11.9. The normalized spacial score (nSPS) is 11.9. The van der Waals surface area contributed by atoms with Gasteiger partial charge in [-0.25, -0.2) is 0 Å². The molecule has 0 aliphatic carbocycles. The van der Waals surface area contributed by atoms with Crippen molar-refractivity contribution in [3.63, 3.8) is 0 Å². The minimum atomic E-state index is -0.137. The van der Waals surface area contributed by atoms with E-state index in [9.17, 15) is 4.79 Å². The number of benzene rings is 2. The van der Waals surface area contributed by atoms with Gasteiger partial charge < -0.3 is 5.32 Å². The molecule has 0 aliphatic rings. The van der Waals surface area contributed by atoms with E-state index in [1.54, 1.807) is 24.3 Å². The Labute approximate surface area is 122 Å². The monoisotopic (exact) mass is 293 g/mol. The fourth-order valence-corrected chi connectivity index (χ4v) is 2.04. The maximum atomic E-state index is 12.0. The Morgan fingerprint density at radius 1 is 1.05 bits per heavy atom. The largest absolute Gasteiger partial charge is 0.346 e. The van der Waals surface area contributed by atoms with E-state index in [0.29, 0.717) is 15.6 Å². The third-order valence-electron chi connectivity index (χ3n) is 2.83. The molecule has 1 N–H and O–H groups in total. The first kappa shape index (κ1) is 13.9. The van der Waals surface area contributed by atoms with Gasteiger partial charge in [0, 0.05) is 5.56 Å². The average Bonchev–Trinajstić information content (AvgIpc) is 2.42. The van der Waals surface area contributed by atoms with E-state index in [1.807, 2.05) is 31.2 Å². The maximum absolute atomic E-state index is 12.0. The molecule has 0 radical (unpaired) electrons. The maximum Gasteiger partial charge on any atom is 0.251 e. The van der Waals surface area contributed by atoms with Gasteiger partial charge in [0.05, 0.1) is 16.1 Å². The second-order valence-electron chi connectivity index (χ2n) is 4.23. The lowest BCUT2D eigenvalue weighted by Gasteiger charge is -2.15. The van der Waals surface area contributed by atoms with Crippen molar-refractivity contribution in [3.8, 4) is 0 Å². The molecule has 0 saturated heterocycles. The first-order valence-electron chi connectivity index (χ1n) is 5.89. The van der Waals surface area contributed by atoms with Crippen molar-refractivity contribution in [2.75, 3.05) is 0 Å². The predicted molar refractivity (Wildman–Crippen MR) is 78.8 cm³/mol. The Hall–Kier alpha value is -1.51. The summed E-state index contributed by atoms with van der Waals surface area (Å²) in [5, 5.41) is 3.91. The molecule has 2 nitrogen and oxygen atoms in total. The molecule has 0 unspecified atom stereocenters. The molecule has 1 atom stereocenters. The van der Waals surface area contributed by atoms with Crippen LogP contribution in [0.3, 0.4) is 0 Å². The number of hydrogen-bond acceptors (Lipinski definition) is 1. The van der Waals surface area contributed by atoms with E-state index >= 15 is 0 Å². The summed E-state index contributed by atoms with van der Waals surface area (Å²) in [6, 6.07) is 14.3. The summed E-state index contributed by atoms with van der Waals surface area (Å²) in [5.74, 6) is -0.112. The topological polar surface area (TPSA) is 29.1 Å². The van der Waals surface area contributed by atoms with E-state index in [-0.39, 0.29) is 11.9 Å². The van der Waals surface area contributed by atoms with Gasteiger partial charge in [0.2, 0.25) is 0 Å². The Morgan fingerprint density at radius 2 is 1.74 bits per heavy atom. The Kier molecular flexibility index (Phi) is 4.46. The SMILES string of the molecule is C[C@@H](NC(=O)c1ccccc1)c1ccc(Cl)c(Cl)c1. The average molecular weight is 294 g/mol. The summed E-state index contributed by atoms with van der Waals surface area (Å²) in [6.45, 7) is 1.90. The van der Waals surface area contributed by atoms with Crippen LogP contribution >= 0.6 is 23.2 Å². The lowest BCUT2D eigenvalue weighted by molar-refractivity contribution is 0.0940. The molecular formula is C15H13Cl2NO. The van der Waals surface area contributed by atoms with E-state index in [4.69, 9.17) is 23.2 Å². The molecule has 0 fully saturated rings. The second kappa shape index (κ2) is 6.09. The number of halogens is 2. The van der Waals surface area contributed by atoms with Crippen LogP contribution in [0.1, 0.15) is 28.9 Å². The fraction of sp³-hybridized carbons (Fsp3) is 0.133. The lowest BCUT2D eigenvalue weighted by atomic mass is 10.1. The van der Waals surface area contributed by atoms with Gasteiger partial charge in [-0.3, -0.25) is 4.79 Å². The summed E-state index contributed by atoms with van der Waals surface area (Å²) in [4.78, 5) is 12.0. The quantitative estimate of drug-likeness (QED) is 0.888. The molecule has 0 bridgehead atoms. The minimum absolute atomic E-state index is 0.112. The highest BCUT2D eigenvalue weighted by Crippen LogP contribution is 2.25. The number of rotatable bonds is 3. The molecule has 0 spiro atoms. The van der Waals surface area contributed by atoms with Crippen molar-refractivity contribution in [1.29, 1.82) is 0 Å². The van der Waals surface area contributed by atoms with Crippen LogP contribution in [-0.4, -0.2) is 5.91 Å². The van der Waals surface area contributed by atoms with Crippen LogP contribution in [0.25, 0.3) is 0 Å². The number of amides is 1. The van der Waals surface area contributed by atoms with Gasteiger partial charge >= 0.3 is 0 Å². The molecule has 2 aromatic carbocycles. The molecule has 2 rings (SSSR count). The molecule has 0 aliphatic heterocycles. The van der Waals surface area contributed by atoms with Crippen LogP contribution in [0.15, 0.2) is 48.5 Å². The van der Waals surface area contributed by atoms with Gasteiger partial charge in [0.25, 0.3) is 5.91 Å². The third kappa shape index (κ3) is 3.49. The molecule has 0 aromatic heterocycles. The molecule has 0 heterocycles. The summed E-state index contributed by atoms with van der Waals surface area (Å²) >= 11 is 11.8. The van der Waals surface area contributed by atoms with Crippen LogP contribution in [0.5, 0.6) is 0 Å². The Morgan fingerprint density at radius 3 is 2.37 bits per heavy atom. The van der Waals surface area contributed by atoms with Crippen LogP contribution in [0, 0.1) is 0 Å². The van der Waals surface area contributed by atoms with E-state index in [1.165, 1.54) is 0 Å². The number of carbonyl (C=O) groups excluding carboxylic acids is 1. The summed E-state index contributed by atoms with van der Waals surface area (Å²) in [7, 11) is 0. The second-order valence-corrected chi connectivity index (χ2v) is 5.05. The molecular weight excluding hydrogens is 281 g/mol. The van der Waals surface area contributed by atoms with Gasteiger partial charge in [-0.15, -0.1) is 0 Å². The van der Waals surface area contributed by atoms with Gasteiger partial charge in [0.15, 0.2) is 0 Å². The van der Waals surface area contributed by atoms with Crippen molar-refractivity contribution >= 4 is 29.1 Å². The highest BCUT2D eigenvalue weighted by atomic mass is 35.5. The molecule has 1 amide bonds. The summed E-state index contributed by atoms with van der Waals surface area (Å²) in [5.41, 5.74) is 1.55. The van der Waals surface area contributed by atoms with Crippen molar-refractivity contribution in [1.82, 2.24) is 5.32 Å². The highest BCUT2D eigenvalue weighted by molar-refractivity contribution is 6.42. The standard InChI is InChI=1S/C15H13Cl2NO/c1-10(12-7-8-13(16)14(17)9-12)18-15(19)11-5-3-2-4-6-11/h2-10H,1H3,(H,18,19)/t10-/m1/s1. The third-order valence-corrected chi connectivity index (χ3v) is 3.57. The van der Waals surface area contributed by atoms with Crippen LogP contribution < -0.4 is 5.32 Å². The zero-order chi connectivity index (χ0) is 13.8. The summed E-state index contributed by atoms with van der Waals surface area (Å²) in [6.07, 6.45) is 0. The zero-order valence-electron chi connectivity index (χ0n) is 10.4. The Bertz CT molecular complexity index is 584. The van der Waals surface area contributed by atoms with Crippen LogP contribution in [0.2, 0.25) is 10.0 Å². The summed E-state index contributed by atoms with van der Waals surface area (Å²) < 4.78 is 0. The smallest absolute Gasteiger partial charge is 0.251 e. The Balaban J connectivity index is 2.10. The lowest BCUT2D eigenvalue weighted by Crippen LogP contribution is -2.26. The highest BCUT2D eigenvalue weighted by Gasteiger charge is 2.12. The van der Waals surface area contributed by atoms with Gasteiger partial charge in [-0.1, -0.05) is 47.5 Å². The number of carbonyl (C=O) groups is 1. The van der Waals surface area contributed by atoms with Gasteiger partial charge in [0.1, 0.15) is 0 Å². The molecule has 19 heavy (non-hydrogen) atoms. The van der Waals surface area contributed by atoms with Gasteiger partial charge in [-0.05, 0) is 36.8 Å². The van der Waals surface area contributed by atoms with Crippen molar-refractivity contribution in [2.45, 2.75) is 13.0 Å². The van der Waals surface area contributed by atoms with E-state index < -0.39 is 0 Å². The molecule has 98 valence electrons. The van der Waals surface area contributed by atoms with Crippen LogP contribution in [-0.2, 0) is 0 Å². The molecule has 0 saturated carbocycles. The number of hydrogen-bond donors (Lipinski definition) is 1. The molecule has 2 aromatic rings. The van der Waals surface area contributed by atoms with Crippen molar-refractivity contribution in [2.24, 2.45) is 0 Å². The van der Waals surface area contributed by atoms with Crippen molar-refractivity contribution in [3.05, 3.63) is 69.7 Å². The van der Waals surface area contributed by atoms with E-state index in [2.05, 4.69) is 5.32 Å². The number of nitrogens with one attached hydrogen (secondary N) is 1. The predicted octanol–water partition coefficient (Wildman–Crippen LogP) is 4.48. The van der Waals surface area contributed by atoms with Crippen LogP contribution in [0.4, 0.5) is 0 Å². The molecule has 4 heteroatoms. The minimum Gasteiger partial charge on any atom is -0.346 e. The van der Waals surface area contributed by atoms with Gasteiger partial charge in [-0.2, -0.15) is 0 Å². The van der Waals surface area contributed by atoms with E-state index in [0.717, 1.165) is 5.56 Å². The van der Waals surface area contributed by atoms with Crippen molar-refractivity contribution < 1.29 is 4.79 Å². The first-order chi connectivity index (χ1) is 9.08. The fourth-order valence-electron chi connectivity index (χ4n) is 1.73. The first-order valence-corrected chi connectivity index (χ1v) is 6.64.